The number of rotatable bonds is 22. The molecule has 0 fully saturated rings. The van der Waals surface area contributed by atoms with Crippen LogP contribution in [-0.4, -0.2) is 150 Å². The van der Waals surface area contributed by atoms with Crippen LogP contribution in [0.3, 0.4) is 0 Å². The summed E-state index contributed by atoms with van der Waals surface area (Å²) in [5.74, 6) is -204. The van der Waals surface area contributed by atoms with Crippen molar-refractivity contribution in [2.75, 3.05) is 0 Å². The van der Waals surface area contributed by atoms with Crippen LogP contribution in [0.15, 0.2) is 0 Å². The van der Waals surface area contributed by atoms with E-state index in [2.05, 4.69) is 10.8 Å². The van der Waals surface area contributed by atoms with Crippen molar-refractivity contribution in [3.8, 4) is 0 Å². The van der Waals surface area contributed by atoms with Crippen LogP contribution < -0.4 is 10.8 Å². The number of hydrogen-bond donors (Lipinski definition) is 2. The Labute approximate surface area is 382 Å². The maximum atomic E-state index is 14.6. The van der Waals surface area contributed by atoms with Crippen molar-refractivity contribution in [1.29, 1.82) is 0 Å². The van der Waals surface area contributed by atoms with Gasteiger partial charge in [0.2, 0.25) is 0 Å². The Kier molecular flexibility index (Phi) is 16.6. The van der Waals surface area contributed by atoms with E-state index in [4.69, 9.17) is 0 Å². The SMILES string of the molecule is N[Si](N)(C(F)(F)C(F)(F)C(F)(F)C(F)(F)C(F)(F)C(F)(F)C(F)(F)C(F)(F)C(F)(F)C(F)(F)C(F)(F)C(F)(F)F)C(F)(F)C(F)(F)C(F)(F)C(F)(F)C(F)(F)C(F)(F)C(F)(F)C(F)(F)C(F)(F)C(F)(F)C(F)(F)C(F)(F)F. The molecule has 0 bridgehead atoms. The molecule has 0 aromatic heterocycles. The lowest BCUT2D eigenvalue weighted by molar-refractivity contribution is -0.482. The lowest BCUT2D eigenvalue weighted by Crippen LogP contribution is -2.90. The zero-order valence-corrected chi connectivity index (χ0v) is 33.6. The van der Waals surface area contributed by atoms with E-state index < -0.39 is 150 Å². The minimum absolute atomic E-state index is 3.07. The molecule has 0 aromatic rings. The van der Waals surface area contributed by atoms with Gasteiger partial charge in [0.05, 0.1) is 0 Å². The van der Waals surface area contributed by atoms with E-state index in [-0.39, 0.29) is 0 Å². The number of nitrogens with two attached hydrogens (primary N) is 2. The van der Waals surface area contributed by atoms with Crippen LogP contribution in [0.4, 0.5) is 220 Å². The molecule has 0 spiro atoms. The van der Waals surface area contributed by atoms with Crippen LogP contribution in [0, 0.1) is 0 Å². The second-order valence-electron chi connectivity index (χ2n) is 14.5. The molecule has 4 N–H and O–H groups in total. The van der Waals surface area contributed by atoms with Crippen molar-refractivity contribution < 1.29 is 220 Å². The molecule has 0 rings (SSSR count). The molecule has 0 atom stereocenters. The summed E-state index contributed by atoms with van der Waals surface area (Å²) in [6, 6.07) is 0. The molecule has 0 aliphatic carbocycles. The minimum atomic E-state index is -11.2. The van der Waals surface area contributed by atoms with E-state index >= 15 is 0 Å². The topological polar surface area (TPSA) is 52.0 Å². The molecule has 0 saturated heterocycles. The van der Waals surface area contributed by atoms with Crippen molar-refractivity contribution in [3.05, 3.63) is 0 Å². The lowest BCUT2D eigenvalue weighted by atomic mass is 9.85. The summed E-state index contributed by atoms with van der Waals surface area (Å²) in [5, 5.41) is 6.15. The van der Waals surface area contributed by atoms with E-state index in [9.17, 15) is 220 Å². The van der Waals surface area contributed by atoms with Crippen molar-refractivity contribution in [1.82, 2.24) is 0 Å². The fourth-order valence-electron chi connectivity index (χ4n) is 4.62. The zero-order valence-electron chi connectivity index (χ0n) is 32.6. The minimum Gasteiger partial charge on any atom is -0.330 e. The molecule has 464 valence electrons. The van der Waals surface area contributed by atoms with E-state index in [1.807, 2.05) is 0 Å². The second kappa shape index (κ2) is 17.3. The molecule has 0 unspecified atom stereocenters. The summed E-state index contributed by atoms with van der Waals surface area (Å²) in [4.78, 5) is 0. The predicted molar refractivity (Wildman–Crippen MR) is 135 cm³/mol. The largest absolute Gasteiger partial charge is 0.460 e. The highest BCUT2D eigenvalue weighted by Gasteiger charge is 3.04. The molecule has 0 amide bonds. The van der Waals surface area contributed by atoms with Crippen LogP contribution in [0.25, 0.3) is 0 Å². The first-order valence-electron chi connectivity index (χ1n) is 16.0. The molecule has 2 nitrogen and oxygen atoms in total. The van der Waals surface area contributed by atoms with Gasteiger partial charge in [-0.1, -0.05) is 0 Å². The summed E-state index contributed by atoms with van der Waals surface area (Å²) < 4.78 is 685. The number of halogens is 50. The maximum Gasteiger partial charge on any atom is 0.460 e. The monoisotopic (exact) mass is 1300 g/mol. The molecule has 0 aliphatic rings. The fourth-order valence-corrected chi connectivity index (χ4v) is 6.37. The van der Waals surface area contributed by atoms with Crippen molar-refractivity contribution in [3.63, 3.8) is 0 Å². The summed E-state index contributed by atoms with van der Waals surface area (Å²) in [6.07, 6.45) is -17.2. The van der Waals surface area contributed by atoms with Gasteiger partial charge in [0.1, 0.15) is 0 Å². The van der Waals surface area contributed by atoms with Gasteiger partial charge in [0, 0.05) is 0 Å². The first-order valence-corrected chi connectivity index (χ1v) is 18.2. The standard InChI is InChI=1S/C24H4F50N2Si/c25-1(26,5(33,34)9(41,42)13(49,50)17(57,58)21(65,66)67)3(29,30)7(37,38)11(45,46)15(53,54)19(61,62)23(71,72)77(75,76)24(73,74)20(63,64)16(55,56)12(47,48)8(39,40)4(31,32)2(27,28)6(35,36)10(43,44)14(51,52)18(59,60)22(68,69)70/h75-76H2. The Balaban J connectivity index is 8.22. The van der Waals surface area contributed by atoms with Crippen molar-refractivity contribution in [2.45, 2.75) is 142 Å². The van der Waals surface area contributed by atoms with Gasteiger partial charge >= 0.3 is 150 Å². The summed E-state index contributed by atoms with van der Waals surface area (Å²) in [6.45, 7) is 0. The van der Waals surface area contributed by atoms with Crippen molar-refractivity contribution >= 4 is 8.40 Å². The Morgan fingerprint density at radius 2 is 0.208 bits per heavy atom. The van der Waals surface area contributed by atoms with Gasteiger partial charge in [-0.25, -0.2) is 17.6 Å². The first-order chi connectivity index (χ1) is 32.0. The van der Waals surface area contributed by atoms with Gasteiger partial charge in [0.15, 0.2) is 0 Å². The predicted octanol–water partition coefficient (Wildman–Crippen LogP) is 14.5. The van der Waals surface area contributed by atoms with Crippen molar-refractivity contribution in [2.24, 2.45) is 10.8 Å². The molecule has 0 heterocycles. The van der Waals surface area contributed by atoms with E-state index in [0.29, 0.717) is 0 Å². The molecule has 0 aromatic carbocycles. The summed E-state index contributed by atoms with van der Waals surface area (Å²) in [7, 11) is -11.2. The van der Waals surface area contributed by atoms with E-state index in [1.54, 1.807) is 0 Å². The third-order valence-corrected chi connectivity index (χ3v) is 12.3. The molecule has 0 saturated carbocycles. The lowest BCUT2D eigenvalue weighted by Gasteiger charge is -2.49. The van der Waals surface area contributed by atoms with Crippen LogP contribution >= 0.6 is 0 Å². The van der Waals surface area contributed by atoms with E-state index in [0.717, 1.165) is 0 Å². The maximum absolute atomic E-state index is 14.6. The van der Waals surface area contributed by atoms with Gasteiger partial charge in [-0.3, -0.25) is 0 Å². The molecular formula is C24H4F50N2Si. The Hall–Kier alpha value is -3.36. The van der Waals surface area contributed by atoms with Crippen LogP contribution in [0.2, 0.25) is 0 Å². The highest BCUT2D eigenvalue weighted by Crippen LogP contribution is 2.71. The Bertz CT molecular complexity index is 2000. The van der Waals surface area contributed by atoms with Gasteiger partial charge in [-0.15, -0.1) is 0 Å². The highest BCUT2D eigenvalue weighted by molar-refractivity contribution is 6.79. The highest BCUT2D eigenvalue weighted by atomic mass is 28.4. The molecule has 0 aliphatic heterocycles. The quantitative estimate of drug-likeness (QED) is 0.0838. The molecule has 77 heavy (non-hydrogen) atoms. The van der Waals surface area contributed by atoms with Gasteiger partial charge < -0.3 is 10.8 Å². The average molecular weight is 1300 g/mol. The third kappa shape index (κ3) is 8.02. The fraction of sp³-hybridized carbons (Fsp3) is 1.00. The first kappa shape index (κ1) is 73.6. The summed E-state index contributed by atoms with van der Waals surface area (Å²) in [5.41, 5.74) is -19.9. The third-order valence-electron chi connectivity index (χ3n) is 9.64. The second-order valence-corrected chi connectivity index (χ2v) is 17.5. The van der Waals surface area contributed by atoms with Crippen LogP contribution in [0.5, 0.6) is 0 Å². The summed E-state index contributed by atoms with van der Waals surface area (Å²) >= 11 is 0. The normalized spacial score (nSPS) is 17.6. The van der Waals surface area contributed by atoms with Crippen LogP contribution in [0.1, 0.15) is 0 Å². The van der Waals surface area contributed by atoms with Gasteiger partial charge in [0.25, 0.3) is 0 Å². The number of hydrogen-bond acceptors (Lipinski definition) is 2. The van der Waals surface area contributed by atoms with Gasteiger partial charge in [-0.2, -0.15) is 202 Å². The Morgan fingerprint density at radius 3 is 0.299 bits per heavy atom. The van der Waals surface area contributed by atoms with E-state index in [1.165, 1.54) is 0 Å². The zero-order chi connectivity index (χ0) is 64.5. The smallest absolute Gasteiger partial charge is 0.330 e. The Morgan fingerprint density at radius 1 is 0.130 bits per heavy atom. The van der Waals surface area contributed by atoms with Gasteiger partial charge in [-0.05, 0) is 0 Å². The number of alkyl halides is 50. The van der Waals surface area contributed by atoms with Crippen LogP contribution in [-0.2, 0) is 0 Å². The molecule has 0 radical (unpaired) electrons. The molecule has 53 heteroatoms. The molecular weight excluding hydrogens is 1290 g/mol. The average Bonchev–Trinajstić information content (AvgIpc) is 3.18.